The summed E-state index contributed by atoms with van der Waals surface area (Å²) in [7, 11) is 1.89. The number of rotatable bonds is 6. The van der Waals surface area contributed by atoms with Crippen molar-refractivity contribution in [1.82, 2.24) is 4.98 Å². The molecule has 2 N–H and O–H groups in total. The lowest BCUT2D eigenvalue weighted by atomic mass is 9.89. The van der Waals surface area contributed by atoms with Crippen LogP contribution in [-0.2, 0) is 0 Å². The Kier molecular flexibility index (Phi) is 4.59. The van der Waals surface area contributed by atoms with E-state index in [1.54, 1.807) is 0 Å². The molecular weight excluding hydrogens is 198 g/mol. The Labute approximate surface area is 98.7 Å². The van der Waals surface area contributed by atoms with Gasteiger partial charge in [0.25, 0.3) is 0 Å². The third-order valence-corrected chi connectivity index (χ3v) is 3.46. The van der Waals surface area contributed by atoms with Crippen molar-refractivity contribution in [2.45, 2.75) is 45.6 Å². The second kappa shape index (κ2) is 5.73. The Morgan fingerprint density at radius 1 is 1.19 bits per heavy atom. The van der Waals surface area contributed by atoms with Gasteiger partial charge in [-0.2, -0.15) is 0 Å². The zero-order valence-corrected chi connectivity index (χ0v) is 10.8. The summed E-state index contributed by atoms with van der Waals surface area (Å²) in [5.41, 5.74) is 1.36. The normalized spacial score (nSPS) is 11.2. The summed E-state index contributed by atoms with van der Waals surface area (Å²) >= 11 is 0. The van der Waals surface area contributed by atoms with Crippen molar-refractivity contribution in [3.63, 3.8) is 0 Å². The number of pyridine rings is 1. The van der Waals surface area contributed by atoms with Gasteiger partial charge in [0.2, 0.25) is 0 Å². The molecule has 16 heavy (non-hydrogen) atoms. The van der Waals surface area contributed by atoms with Gasteiger partial charge in [-0.25, -0.2) is 4.98 Å². The molecule has 0 saturated heterocycles. The van der Waals surface area contributed by atoms with Gasteiger partial charge in [-0.1, -0.05) is 20.8 Å². The molecule has 3 heteroatoms. The number of nitrogens with one attached hydrogen (secondary N) is 2. The van der Waals surface area contributed by atoms with Crippen LogP contribution in [0.25, 0.3) is 0 Å². The number of hydrogen-bond donors (Lipinski definition) is 2. The van der Waals surface area contributed by atoms with E-state index in [0.717, 1.165) is 30.8 Å². The Bertz CT molecular complexity index is 310. The second-order valence-corrected chi connectivity index (χ2v) is 4.15. The summed E-state index contributed by atoms with van der Waals surface area (Å²) in [5.74, 6) is 0.905. The number of aromatic nitrogens is 1. The molecular formula is C13H23N3. The van der Waals surface area contributed by atoms with Crippen molar-refractivity contribution in [2.24, 2.45) is 0 Å². The van der Waals surface area contributed by atoms with E-state index in [9.17, 15) is 0 Å². The molecule has 0 aliphatic heterocycles. The van der Waals surface area contributed by atoms with E-state index < -0.39 is 0 Å². The Morgan fingerprint density at radius 2 is 1.81 bits per heavy atom. The minimum Gasteiger partial charge on any atom is -0.379 e. The molecule has 0 unspecified atom stereocenters. The van der Waals surface area contributed by atoms with Crippen LogP contribution in [0.4, 0.5) is 11.5 Å². The molecule has 0 saturated carbocycles. The summed E-state index contributed by atoms with van der Waals surface area (Å²) in [6.45, 7) is 6.71. The van der Waals surface area contributed by atoms with Crippen molar-refractivity contribution in [3.05, 3.63) is 18.3 Å². The van der Waals surface area contributed by atoms with Crippen molar-refractivity contribution in [2.75, 3.05) is 17.7 Å². The maximum atomic E-state index is 4.21. The van der Waals surface area contributed by atoms with Gasteiger partial charge in [-0.15, -0.1) is 0 Å². The van der Waals surface area contributed by atoms with Crippen molar-refractivity contribution in [3.8, 4) is 0 Å². The number of hydrogen-bond acceptors (Lipinski definition) is 3. The van der Waals surface area contributed by atoms with E-state index in [4.69, 9.17) is 0 Å². The first kappa shape index (κ1) is 12.8. The first-order chi connectivity index (χ1) is 7.69. The molecule has 1 aromatic heterocycles. The van der Waals surface area contributed by atoms with Gasteiger partial charge in [0.15, 0.2) is 0 Å². The quantitative estimate of drug-likeness (QED) is 0.772. The Balaban J connectivity index is 2.84. The Morgan fingerprint density at radius 3 is 2.31 bits per heavy atom. The second-order valence-electron chi connectivity index (χ2n) is 4.15. The van der Waals surface area contributed by atoms with Gasteiger partial charge in [0.05, 0.1) is 0 Å². The molecule has 0 atom stereocenters. The fourth-order valence-electron chi connectivity index (χ4n) is 1.97. The average Bonchev–Trinajstić information content (AvgIpc) is 2.36. The fourth-order valence-corrected chi connectivity index (χ4v) is 1.97. The summed E-state index contributed by atoms with van der Waals surface area (Å²) in [6, 6.07) is 4.08. The molecule has 0 amide bonds. The van der Waals surface area contributed by atoms with Gasteiger partial charge in [0, 0.05) is 30.5 Å². The molecule has 0 radical (unpaired) electrons. The third kappa shape index (κ3) is 2.87. The zero-order valence-electron chi connectivity index (χ0n) is 10.8. The van der Waals surface area contributed by atoms with E-state index in [0.29, 0.717) is 0 Å². The standard InChI is InChI=1S/C13H23N3/c1-5-13(6-2,7-3)16-11-8-9-15-12(10-11)14-4/h8-10H,5-7H2,1-4H3,(H2,14,15,16). The molecule has 1 heterocycles. The van der Waals surface area contributed by atoms with Crippen LogP contribution in [0.5, 0.6) is 0 Å². The van der Waals surface area contributed by atoms with Gasteiger partial charge < -0.3 is 10.6 Å². The number of nitrogens with zero attached hydrogens (tertiary/aromatic N) is 1. The largest absolute Gasteiger partial charge is 0.379 e. The van der Waals surface area contributed by atoms with Gasteiger partial charge >= 0.3 is 0 Å². The molecule has 3 nitrogen and oxygen atoms in total. The van der Waals surface area contributed by atoms with E-state index in [1.165, 1.54) is 0 Å². The fraction of sp³-hybridized carbons (Fsp3) is 0.615. The monoisotopic (exact) mass is 221 g/mol. The highest BCUT2D eigenvalue weighted by Crippen LogP contribution is 2.26. The van der Waals surface area contributed by atoms with Crippen LogP contribution in [0.1, 0.15) is 40.0 Å². The minimum atomic E-state index is 0.215. The van der Waals surface area contributed by atoms with Crippen LogP contribution in [-0.4, -0.2) is 17.6 Å². The highest BCUT2D eigenvalue weighted by Gasteiger charge is 2.23. The maximum Gasteiger partial charge on any atom is 0.127 e. The van der Waals surface area contributed by atoms with Crippen LogP contribution < -0.4 is 10.6 Å². The lowest BCUT2D eigenvalue weighted by Crippen LogP contribution is -2.36. The van der Waals surface area contributed by atoms with Crippen molar-refractivity contribution < 1.29 is 0 Å². The number of anilines is 2. The molecule has 90 valence electrons. The first-order valence-corrected chi connectivity index (χ1v) is 6.11. The molecule has 0 bridgehead atoms. The first-order valence-electron chi connectivity index (χ1n) is 6.11. The molecule has 0 spiro atoms. The predicted molar refractivity (Wildman–Crippen MR) is 71.0 cm³/mol. The smallest absolute Gasteiger partial charge is 0.127 e. The SMILES string of the molecule is CCC(CC)(CC)Nc1ccnc(NC)c1. The molecule has 0 aliphatic carbocycles. The van der Waals surface area contributed by atoms with Crippen LogP contribution in [0, 0.1) is 0 Å². The predicted octanol–water partition coefficient (Wildman–Crippen LogP) is 3.50. The molecule has 0 aromatic carbocycles. The van der Waals surface area contributed by atoms with Gasteiger partial charge in [-0.05, 0) is 25.3 Å². The van der Waals surface area contributed by atoms with Crippen LogP contribution in [0.3, 0.4) is 0 Å². The van der Waals surface area contributed by atoms with Gasteiger partial charge in [-0.3, -0.25) is 0 Å². The minimum absolute atomic E-state index is 0.215. The Hall–Kier alpha value is -1.25. The summed E-state index contributed by atoms with van der Waals surface area (Å²) in [6.07, 6.45) is 5.24. The van der Waals surface area contributed by atoms with Crippen LogP contribution in [0.2, 0.25) is 0 Å². The summed E-state index contributed by atoms with van der Waals surface area (Å²) < 4.78 is 0. The van der Waals surface area contributed by atoms with Crippen LogP contribution in [0.15, 0.2) is 18.3 Å². The van der Waals surface area contributed by atoms with E-state index >= 15 is 0 Å². The lowest BCUT2D eigenvalue weighted by Gasteiger charge is -2.33. The lowest BCUT2D eigenvalue weighted by molar-refractivity contribution is 0.420. The molecule has 1 rings (SSSR count). The van der Waals surface area contributed by atoms with E-state index in [2.05, 4.69) is 42.5 Å². The maximum absolute atomic E-state index is 4.21. The van der Waals surface area contributed by atoms with E-state index in [-0.39, 0.29) is 5.54 Å². The summed E-state index contributed by atoms with van der Waals surface area (Å²) in [4.78, 5) is 4.21. The third-order valence-electron chi connectivity index (χ3n) is 3.46. The van der Waals surface area contributed by atoms with Crippen molar-refractivity contribution >= 4 is 11.5 Å². The van der Waals surface area contributed by atoms with Crippen molar-refractivity contribution in [1.29, 1.82) is 0 Å². The van der Waals surface area contributed by atoms with Gasteiger partial charge in [0.1, 0.15) is 5.82 Å². The zero-order chi connectivity index (χ0) is 12.0. The molecule has 0 fully saturated rings. The highest BCUT2D eigenvalue weighted by atomic mass is 15.0. The summed E-state index contributed by atoms with van der Waals surface area (Å²) in [5, 5.41) is 6.69. The van der Waals surface area contributed by atoms with Crippen LogP contribution >= 0.6 is 0 Å². The topological polar surface area (TPSA) is 37.0 Å². The molecule has 1 aromatic rings. The average molecular weight is 221 g/mol. The molecule has 0 aliphatic rings. The highest BCUT2D eigenvalue weighted by molar-refractivity contribution is 5.53. The van der Waals surface area contributed by atoms with E-state index in [1.807, 2.05) is 19.3 Å².